The van der Waals surface area contributed by atoms with Crippen LogP contribution in [0.25, 0.3) is 10.2 Å². The number of ether oxygens (including phenoxy) is 1. The minimum atomic E-state index is -0.181. The molecule has 30 heavy (non-hydrogen) atoms. The Balaban J connectivity index is 1.19. The summed E-state index contributed by atoms with van der Waals surface area (Å²) in [5, 5.41) is 4.01. The maximum Gasteiger partial charge on any atom is 0.248 e. The zero-order valence-electron chi connectivity index (χ0n) is 16.8. The van der Waals surface area contributed by atoms with Gasteiger partial charge in [0.25, 0.3) is 0 Å². The van der Waals surface area contributed by atoms with Crippen LogP contribution >= 0.6 is 11.3 Å². The average molecular weight is 424 g/mol. The summed E-state index contributed by atoms with van der Waals surface area (Å²) in [7, 11) is 0. The van der Waals surface area contributed by atoms with Crippen LogP contribution in [0.4, 0.5) is 0 Å². The number of aryl methyl sites for hydroxylation is 1. The van der Waals surface area contributed by atoms with E-state index >= 15 is 0 Å². The molecule has 1 unspecified atom stereocenters. The number of amides is 2. The van der Waals surface area contributed by atoms with Gasteiger partial charge in [-0.15, -0.1) is 11.3 Å². The quantitative estimate of drug-likeness (QED) is 0.604. The van der Waals surface area contributed by atoms with E-state index in [1.54, 1.807) is 16.2 Å². The molecule has 1 atom stereocenters. The van der Waals surface area contributed by atoms with Crippen molar-refractivity contribution in [2.24, 2.45) is 0 Å². The molecule has 1 fully saturated rings. The molecule has 2 amide bonds. The molecule has 1 saturated heterocycles. The highest BCUT2D eigenvalue weighted by Crippen LogP contribution is 2.22. The Labute approximate surface area is 179 Å². The molecule has 156 valence electrons. The summed E-state index contributed by atoms with van der Waals surface area (Å²) < 4.78 is 6.78. The Hall–Kier alpha value is -2.77. The van der Waals surface area contributed by atoms with Crippen LogP contribution < -0.4 is 5.32 Å². The summed E-state index contributed by atoms with van der Waals surface area (Å²) in [6, 6.07) is 18.0. The number of aromatic nitrogens is 1. The van der Waals surface area contributed by atoms with E-state index in [9.17, 15) is 9.59 Å². The van der Waals surface area contributed by atoms with Gasteiger partial charge < -0.3 is 15.0 Å². The van der Waals surface area contributed by atoms with Gasteiger partial charge in [0.2, 0.25) is 11.8 Å². The van der Waals surface area contributed by atoms with Crippen molar-refractivity contribution in [3.8, 4) is 0 Å². The molecule has 2 aromatic carbocycles. The minimum Gasteiger partial charge on any atom is -0.365 e. The topological polar surface area (TPSA) is 71.5 Å². The molecule has 0 spiro atoms. The van der Waals surface area contributed by atoms with E-state index in [4.69, 9.17) is 4.74 Å². The Morgan fingerprint density at radius 3 is 2.80 bits per heavy atom. The number of morpholine rings is 1. The highest BCUT2D eigenvalue weighted by Gasteiger charge is 2.26. The Bertz CT molecular complexity index is 972. The number of para-hydroxylation sites is 1. The van der Waals surface area contributed by atoms with Gasteiger partial charge in [0, 0.05) is 26.1 Å². The van der Waals surface area contributed by atoms with Crippen molar-refractivity contribution in [2.75, 3.05) is 19.7 Å². The number of thiazole rings is 1. The van der Waals surface area contributed by atoms with Gasteiger partial charge in [-0.25, -0.2) is 4.98 Å². The number of fused-ring (bicyclic) bond motifs is 1. The van der Waals surface area contributed by atoms with Crippen LogP contribution in [0.2, 0.25) is 0 Å². The third kappa shape index (κ3) is 5.43. The van der Waals surface area contributed by atoms with Crippen molar-refractivity contribution in [2.45, 2.75) is 31.9 Å². The van der Waals surface area contributed by atoms with Crippen molar-refractivity contribution < 1.29 is 14.3 Å². The standard InChI is InChI=1S/C23H25N3O3S/c27-21(11-6-12-22-25-19-9-4-5-10-20(19)30-22)24-13-18-15-26(23(28)16-29-18)14-17-7-2-1-3-8-17/h1-5,7-10,18H,6,11-16H2,(H,24,27). The second-order valence-corrected chi connectivity index (χ2v) is 8.54. The molecule has 1 N–H and O–H groups in total. The largest absolute Gasteiger partial charge is 0.365 e. The van der Waals surface area contributed by atoms with E-state index in [1.807, 2.05) is 48.5 Å². The highest BCUT2D eigenvalue weighted by molar-refractivity contribution is 7.18. The second kappa shape index (κ2) is 9.82. The number of carbonyl (C=O) groups excluding carboxylic acids is 2. The number of nitrogens with one attached hydrogen (secondary N) is 1. The fraction of sp³-hybridized carbons (Fsp3) is 0.348. The van der Waals surface area contributed by atoms with Crippen LogP contribution in [-0.4, -0.2) is 47.5 Å². The number of carbonyl (C=O) groups is 2. The summed E-state index contributed by atoms with van der Waals surface area (Å²) in [5.41, 5.74) is 2.11. The minimum absolute atomic E-state index is 0.00576. The predicted molar refractivity (Wildman–Crippen MR) is 117 cm³/mol. The zero-order valence-corrected chi connectivity index (χ0v) is 17.6. The monoisotopic (exact) mass is 423 g/mol. The molecule has 2 heterocycles. The zero-order chi connectivity index (χ0) is 20.8. The number of nitrogens with zero attached hydrogens (tertiary/aromatic N) is 2. The molecule has 0 saturated carbocycles. The van der Waals surface area contributed by atoms with Crippen molar-refractivity contribution in [3.63, 3.8) is 0 Å². The van der Waals surface area contributed by atoms with Gasteiger partial charge in [-0.1, -0.05) is 42.5 Å². The molecule has 1 aliphatic rings. The van der Waals surface area contributed by atoms with Gasteiger partial charge in [0.05, 0.1) is 21.3 Å². The molecular formula is C23H25N3O3S. The lowest BCUT2D eigenvalue weighted by molar-refractivity contribution is -0.149. The van der Waals surface area contributed by atoms with Crippen molar-refractivity contribution in [3.05, 3.63) is 65.2 Å². The average Bonchev–Trinajstić information content (AvgIpc) is 3.18. The van der Waals surface area contributed by atoms with Crippen molar-refractivity contribution in [1.82, 2.24) is 15.2 Å². The first-order valence-electron chi connectivity index (χ1n) is 10.2. The molecule has 7 heteroatoms. The van der Waals surface area contributed by atoms with Crippen LogP contribution in [-0.2, 0) is 27.3 Å². The van der Waals surface area contributed by atoms with Gasteiger partial charge in [-0.3, -0.25) is 9.59 Å². The van der Waals surface area contributed by atoms with Crippen LogP contribution in [0.5, 0.6) is 0 Å². The Morgan fingerprint density at radius 1 is 1.17 bits per heavy atom. The molecule has 0 radical (unpaired) electrons. The number of hydrogen-bond acceptors (Lipinski definition) is 5. The highest BCUT2D eigenvalue weighted by atomic mass is 32.1. The fourth-order valence-electron chi connectivity index (χ4n) is 3.50. The SMILES string of the molecule is O=C(CCCc1nc2ccccc2s1)NCC1CN(Cc2ccccc2)C(=O)CO1. The van der Waals surface area contributed by atoms with Crippen molar-refractivity contribution >= 4 is 33.4 Å². The van der Waals surface area contributed by atoms with Crippen LogP contribution in [0.3, 0.4) is 0 Å². The maximum atomic E-state index is 12.2. The predicted octanol–water partition coefficient (Wildman–Crippen LogP) is 3.16. The smallest absolute Gasteiger partial charge is 0.248 e. The van der Waals surface area contributed by atoms with E-state index in [0.717, 1.165) is 28.9 Å². The van der Waals surface area contributed by atoms with E-state index in [-0.39, 0.29) is 24.5 Å². The summed E-state index contributed by atoms with van der Waals surface area (Å²) >= 11 is 1.69. The van der Waals surface area contributed by atoms with Gasteiger partial charge >= 0.3 is 0 Å². The Kier molecular flexibility index (Phi) is 6.71. The first-order valence-corrected chi connectivity index (χ1v) is 11.0. The lowest BCUT2D eigenvalue weighted by Crippen LogP contribution is -2.50. The van der Waals surface area contributed by atoms with Gasteiger partial charge in [0.1, 0.15) is 6.61 Å². The van der Waals surface area contributed by atoms with E-state index < -0.39 is 0 Å². The normalized spacial score (nSPS) is 16.7. The molecule has 0 aliphatic carbocycles. The third-order valence-electron chi connectivity index (χ3n) is 5.10. The molecule has 4 rings (SSSR count). The molecule has 1 aliphatic heterocycles. The number of rotatable bonds is 8. The summed E-state index contributed by atoms with van der Waals surface area (Å²) in [6.45, 7) is 1.53. The molecule has 3 aromatic rings. The number of hydrogen-bond donors (Lipinski definition) is 1. The molecule has 1 aromatic heterocycles. The lowest BCUT2D eigenvalue weighted by Gasteiger charge is -2.33. The summed E-state index contributed by atoms with van der Waals surface area (Å²) in [4.78, 5) is 30.8. The van der Waals surface area contributed by atoms with E-state index in [0.29, 0.717) is 26.1 Å². The summed E-state index contributed by atoms with van der Waals surface area (Å²) in [6.07, 6.45) is 1.83. The van der Waals surface area contributed by atoms with Crippen molar-refractivity contribution in [1.29, 1.82) is 0 Å². The lowest BCUT2D eigenvalue weighted by atomic mass is 10.2. The van der Waals surface area contributed by atoms with Gasteiger partial charge in [-0.05, 0) is 30.5 Å². The molecule has 0 bridgehead atoms. The molecular weight excluding hydrogens is 398 g/mol. The van der Waals surface area contributed by atoms with Crippen LogP contribution in [0.15, 0.2) is 54.6 Å². The van der Waals surface area contributed by atoms with E-state index in [1.165, 1.54) is 4.70 Å². The second-order valence-electron chi connectivity index (χ2n) is 7.43. The van der Waals surface area contributed by atoms with E-state index in [2.05, 4.69) is 16.4 Å². The van der Waals surface area contributed by atoms with Crippen LogP contribution in [0, 0.1) is 0 Å². The first kappa shape index (κ1) is 20.5. The number of benzene rings is 2. The Morgan fingerprint density at radius 2 is 1.97 bits per heavy atom. The third-order valence-corrected chi connectivity index (χ3v) is 6.19. The fourth-order valence-corrected chi connectivity index (χ4v) is 4.51. The van der Waals surface area contributed by atoms with Gasteiger partial charge in [0.15, 0.2) is 0 Å². The first-order chi connectivity index (χ1) is 14.7. The maximum absolute atomic E-state index is 12.2. The summed E-state index contributed by atoms with van der Waals surface area (Å²) in [5.74, 6) is -0.0107. The molecule has 6 nitrogen and oxygen atoms in total. The van der Waals surface area contributed by atoms with Crippen LogP contribution in [0.1, 0.15) is 23.4 Å². The van der Waals surface area contributed by atoms with Gasteiger partial charge in [-0.2, -0.15) is 0 Å².